The summed E-state index contributed by atoms with van der Waals surface area (Å²) in [6, 6.07) is 19.7. The van der Waals surface area contributed by atoms with Crippen molar-refractivity contribution in [3.8, 4) is 0 Å². The Morgan fingerprint density at radius 3 is 2.62 bits per heavy atom. The van der Waals surface area contributed by atoms with E-state index in [0.29, 0.717) is 12.6 Å². The molecule has 0 aliphatic carbocycles. The number of hydrogen-bond acceptors (Lipinski definition) is 4. The molecule has 0 bridgehead atoms. The van der Waals surface area contributed by atoms with Crippen molar-refractivity contribution in [2.75, 3.05) is 38.2 Å². The largest absolute Gasteiger partial charge is 0.390 e. The van der Waals surface area contributed by atoms with Gasteiger partial charge < -0.3 is 5.11 Å². The third-order valence-corrected chi connectivity index (χ3v) is 5.99. The Hall–Kier alpha value is -1.33. The minimum absolute atomic E-state index is 0.334. The lowest BCUT2D eigenvalue weighted by atomic mass is 10.0. The first kappa shape index (κ1) is 19.4. The molecule has 2 aromatic rings. The van der Waals surface area contributed by atoms with Crippen LogP contribution in [0.3, 0.4) is 0 Å². The van der Waals surface area contributed by atoms with E-state index < -0.39 is 0 Å². The maximum Gasteiger partial charge on any atom is 0.0794 e. The summed E-state index contributed by atoms with van der Waals surface area (Å²) in [7, 11) is 2.08. The number of thioether (sulfide) groups is 1. The molecule has 2 atom stereocenters. The molecule has 3 rings (SSSR count). The van der Waals surface area contributed by atoms with Crippen LogP contribution in [-0.2, 0) is 6.54 Å². The van der Waals surface area contributed by atoms with Crippen LogP contribution in [0, 0.1) is 6.92 Å². The first-order valence-electron chi connectivity index (χ1n) is 9.40. The van der Waals surface area contributed by atoms with Crippen LogP contribution in [0.15, 0.2) is 54.6 Å². The van der Waals surface area contributed by atoms with E-state index in [2.05, 4.69) is 72.3 Å². The number of hydrogen-bond donors (Lipinski definition) is 1. The number of β-amino-alcohol motifs (C(OH)–C–C–N with tert-alkyl or cyclic N) is 1. The summed E-state index contributed by atoms with van der Waals surface area (Å²) in [5.41, 5.74) is 3.95. The second kappa shape index (κ2) is 9.56. The Morgan fingerprint density at radius 2 is 1.88 bits per heavy atom. The van der Waals surface area contributed by atoms with E-state index in [-0.39, 0.29) is 6.10 Å². The number of aliphatic hydroxyl groups is 1. The highest BCUT2D eigenvalue weighted by Crippen LogP contribution is 2.29. The van der Waals surface area contributed by atoms with Crippen LogP contribution in [0.2, 0.25) is 0 Å². The summed E-state index contributed by atoms with van der Waals surface area (Å²) in [6.45, 7) is 5.47. The lowest BCUT2D eigenvalue weighted by Crippen LogP contribution is -2.44. The zero-order chi connectivity index (χ0) is 18.4. The van der Waals surface area contributed by atoms with Crippen molar-refractivity contribution in [2.45, 2.75) is 25.6 Å². The lowest BCUT2D eigenvalue weighted by molar-refractivity contribution is 0.0671. The minimum Gasteiger partial charge on any atom is -0.390 e. The van der Waals surface area contributed by atoms with E-state index in [0.717, 1.165) is 31.1 Å². The number of benzene rings is 2. The molecular weight excluding hydrogens is 340 g/mol. The van der Waals surface area contributed by atoms with Gasteiger partial charge in [-0.1, -0.05) is 60.2 Å². The molecule has 4 heteroatoms. The molecular formula is C22H30N2OS. The van der Waals surface area contributed by atoms with Gasteiger partial charge in [0.25, 0.3) is 0 Å². The molecule has 1 heterocycles. The lowest BCUT2D eigenvalue weighted by Gasteiger charge is -2.37. The van der Waals surface area contributed by atoms with E-state index in [1.165, 1.54) is 16.7 Å². The van der Waals surface area contributed by atoms with E-state index in [1.807, 2.05) is 17.8 Å². The second-order valence-corrected chi connectivity index (χ2v) is 8.48. The van der Waals surface area contributed by atoms with Crippen LogP contribution in [0.1, 0.15) is 22.7 Å². The average molecular weight is 371 g/mol. The molecule has 1 N–H and O–H groups in total. The summed E-state index contributed by atoms with van der Waals surface area (Å²) in [5.74, 6) is 2.25. The predicted octanol–water partition coefficient (Wildman–Crippen LogP) is 3.58. The van der Waals surface area contributed by atoms with Gasteiger partial charge in [0.05, 0.1) is 6.10 Å². The number of likely N-dealkylation sites (N-methyl/N-ethyl adjacent to an activating group) is 1. The van der Waals surface area contributed by atoms with Crippen molar-refractivity contribution < 1.29 is 5.11 Å². The Morgan fingerprint density at radius 1 is 1.15 bits per heavy atom. The molecule has 0 saturated carbocycles. The first-order valence-corrected chi connectivity index (χ1v) is 10.6. The summed E-state index contributed by atoms with van der Waals surface area (Å²) in [4.78, 5) is 4.67. The van der Waals surface area contributed by atoms with E-state index >= 15 is 0 Å². The zero-order valence-electron chi connectivity index (χ0n) is 15.8. The molecule has 0 amide bonds. The van der Waals surface area contributed by atoms with E-state index in [1.54, 1.807) is 0 Å². The predicted molar refractivity (Wildman–Crippen MR) is 112 cm³/mol. The van der Waals surface area contributed by atoms with Crippen molar-refractivity contribution in [1.82, 2.24) is 9.80 Å². The Labute approximate surface area is 162 Å². The molecule has 1 saturated heterocycles. The molecule has 140 valence electrons. The molecule has 2 aromatic carbocycles. The molecule has 3 nitrogen and oxygen atoms in total. The molecule has 2 unspecified atom stereocenters. The van der Waals surface area contributed by atoms with Crippen LogP contribution in [0.25, 0.3) is 0 Å². The monoisotopic (exact) mass is 370 g/mol. The van der Waals surface area contributed by atoms with Crippen molar-refractivity contribution in [2.24, 2.45) is 0 Å². The van der Waals surface area contributed by atoms with Crippen molar-refractivity contribution in [3.05, 3.63) is 71.3 Å². The van der Waals surface area contributed by atoms with Crippen molar-refractivity contribution >= 4 is 11.8 Å². The van der Waals surface area contributed by atoms with Gasteiger partial charge in [-0.2, -0.15) is 11.8 Å². The standard InChI is InChI=1S/C22H30N2OS/c1-18-8-10-20(11-9-18)22-17-26-13-12-24(22)16-21(25)15-23(2)14-19-6-4-3-5-7-19/h3-11,21-22,25H,12-17H2,1-2H3. The minimum atomic E-state index is -0.334. The van der Waals surface area contributed by atoms with Crippen LogP contribution >= 0.6 is 11.8 Å². The molecule has 0 radical (unpaired) electrons. The van der Waals surface area contributed by atoms with Gasteiger partial charge in [0.1, 0.15) is 0 Å². The SMILES string of the molecule is Cc1ccc(C2CSCCN2CC(O)CN(C)Cc2ccccc2)cc1. The zero-order valence-corrected chi connectivity index (χ0v) is 16.7. The fourth-order valence-electron chi connectivity index (χ4n) is 3.60. The summed E-state index contributed by atoms with van der Waals surface area (Å²) in [5, 5.41) is 10.7. The van der Waals surface area contributed by atoms with Gasteiger partial charge in [0.15, 0.2) is 0 Å². The van der Waals surface area contributed by atoms with E-state index in [4.69, 9.17) is 0 Å². The fraction of sp³-hybridized carbons (Fsp3) is 0.455. The summed E-state index contributed by atoms with van der Waals surface area (Å²) in [6.07, 6.45) is -0.334. The van der Waals surface area contributed by atoms with E-state index in [9.17, 15) is 5.11 Å². The van der Waals surface area contributed by atoms with Crippen LogP contribution < -0.4 is 0 Å². The van der Waals surface area contributed by atoms with Crippen LogP contribution in [-0.4, -0.2) is 59.2 Å². The van der Waals surface area contributed by atoms with Gasteiger partial charge >= 0.3 is 0 Å². The summed E-state index contributed by atoms with van der Waals surface area (Å²) >= 11 is 2.01. The Balaban J connectivity index is 1.56. The quantitative estimate of drug-likeness (QED) is 0.806. The third kappa shape index (κ3) is 5.58. The fourth-order valence-corrected chi connectivity index (χ4v) is 4.76. The van der Waals surface area contributed by atoms with Gasteiger partial charge in [-0.15, -0.1) is 0 Å². The molecule has 0 aromatic heterocycles. The Kier molecular flexibility index (Phi) is 7.15. The number of aliphatic hydroxyl groups excluding tert-OH is 1. The average Bonchev–Trinajstić information content (AvgIpc) is 2.63. The first-order chi connectivity index (χ1) is 12.6. The maximum atomic E-state index is 10.7. The topological polar surface area (TPSA) is 26.7 Å². The van der Waals surface area contributed by atoms with Gasteiger partial charge in [0, 0.05) is 43.7 Å². The highest BCUT2D eigenvalue weighted by molar-refractivity contribution is 7.99. The molecule has 1 aliphatic rings. The summed E-state index contributed by atoms with van der Waals surface area (Å²) < 4.78 is 0. The Bertz CT molecular complexity index is 662. The number of aryl methyl sites for hydroxylation is 1. The third-order valence-electron chi connectivity index (χ3n) is 4.96. The molecule has 26 heavy (non-hydrogen) atoms. The normalized spacial score (nSPS) is 19.6. The van der Waals surface area contributed by atoms with Crippen molar-refractivity contribution in [1.29, 1.82) is 0 Å². The highest BCUT2D eigenvalue weighted by atomic mass is 32.2. The smallest absolute Gasteiger partial charge is 0.0794 e. The van der Waals surface area contributed by atoms with Gasteiger partial charge in [-0.3, -0.25) is 9.80 Å². The van der Waals surface area contributed by atoms with Gasteiger partial charge in [-0.25, -0.2) is 0 Å². The van der Waals surface area contributed by atoms with Crippen molar-refractivity contribution in [3.63, 3.8) is 0 Å². The van der Waals surface area contributed by atoms with Gasteiger partial charge in [0.2, 0.25) is 0 Å². The van der Waals surface area contributed by atoms with Gasteiger partial charge in [-0.05, 0) is 25.1 Å². The molecule has 1 aliphatic heterocycles. The number of rotatable bonds is 7. The van der Waals surface area contributed by atoms with Crippen LogP contribution in [0.4, 0.5) is 0 Å². The molecule has 0 spiro atoms. The highest BCUT2D eigenvalue weighted by Gasteiger charge is 2.26. The van der Waals surface area contributed by atoms with Crippen LogP contribution in [0.5, 0.6) is 0 Å². The molecule has 1 fully saturated rings. The maximum absolute atomic E-state index is 10.7. The number of nitrogens with zero attached hydrogens (tertiary/aromatic N) is 2. The second-order valence-electron chi connectivity index (χ2n) is 7.33.